The van der Waals surface area contributed by atoms with Gasteiger partial charge in [-0.25, -0.2) is 0 Å². The van der Waals surface area contributed by atoms with E-state index in [1.165, 1.54) is 141 Å². The summed E-state index contributed by atoms with van der Waals surface area (Å²) < 4.78 is 0. The minimum atomic E-state index is -1.53. The first-order chi connectivity index (χ1) is 16.6. The highest BCUT2D eigenvalue weighted by atomic mass is 16.5. The molecule has 0 rings (SSSR count). The molecule has 1 atom stereocenters. The van der Waals surface area contributed by atoms with Crippen molar-refractivity contribution in [2.75, 3.05) is 13.1 Å². The lowest BCUT2D eigenvalue weighted by Gasteiger charge is -2.33. The highest BCUT2D eigenvalue weighted by Crippen LogP contribution is 2.21. The SMILES string of the molecule is CCCCCCCCCCCCCCC(CCCCCCCCCCCC)CN([O-])CC(O)O. The third-order valence-electron chi connectivity index (χ3n) is 7.26. The molecule has 0 amide bonds. The monoisotopic (exact) mass is 484 g/mol. The number of aliphatic hydroxyl groups excluding tert-OH is 1. The van der Waals surface area contributed by atoms with Gasteiger partial charge in [-0.15, -0.1) is 0 Å². The molecule has 0 bridgehead atoms. The number of hydrogen-bond donors (Lipinski definition) is 2. The van der Waals surface area contributed by atoms with E-state index in [-0.39, 0.29) is 6.54 Å². The summed E-state index contributed by atoms with van der Waals surface area (Å²) in [5, 5.41) is 31.1. The number of nitrogens with zero attached hydrogens (tertiary/aromatic N) is 1. The molecule has 4 nitrogen and oxygen atoms in total. The molecule has 1 unspecified atom stereocenters. The van der Waals surface area contributed by atoms with Gasteiger partial charge in [-0.3, -0.25) is 0 Å². The minimum Gasteiger partial charge on any atom is -0.785 e. The van der Waals surface area contributed by atoms with Crippen molar-refractivity contribution < 1.29 is 10.2 Å². The first-order valence-electron chi connectivity index (χ1n) is 15.4. The van der Waals surface area contributed by atoms with Crippen molar-refractivity contribution >= 4 is 0 Å². The molecule has 0 radical (unpaired) electrons. The van der Waals surface area contributed by atoms with Crippen LogP contribution in [0.4, 0.5) is 0 Å². The second-order valence-corrected chi connectivity index (χ2v) is 10.8. The van der Waals surface area contributed by atoms with Crippen molar-refractivity contribution in [3.63, 3.8) is 0 Å². The normalized spacial score (nSPS) is 12.8. The predicted molar refractivity (Wildman–Crippen MR) is 149 cm³/mol. The number of unbranched alkanes of at least 4 members (excludes halogenated alkanes) is 20. The summed E-state index contributed by atoms with van der Waals surface area (Å²) in [6, 6.07) is 0. The Labute approximate surface area is 213 Å². The lowest BCUT2D eigenvalue weighted by Crippen LogP contribution is -2.31. The smallest absolute Gasteiger partial charge is 0.163 e. The van der Waals surface area contributed by atoms with E-state index in [1.807, 2.05) is 0 Å². The molecule has 0 spiro atoms. The van der Waals surface area contributed by atoms with Crippen LogP contribution in [-0.2, 0) is 0 Å². The van der Waals surface area contributed by atoms with Gasteiger partial charge in [-0.2, -0.15) is 0 Å². The molecule has 0 aliphatic carbocycles. The van der Waals surface area contributed by atoms with Crippen molar-refractivity contribution in [3.8, 4) is 0 Å². The fraction of sp³-hybridized carbons (Fsp3) is 1.00. The molecule has 0 aromatic carbocycles. The maximum Gasteiger partial charge on any atom is 0.163 e. The summed E-state index contributed by atoms with van der Waals surface area (Å²) >= 11 is 0. The summed E-state index contributed by atoms with van der Waals surface area (Å²) in [4.78, 5) is 0. The van der Waals surface area contributed by atoms with Gasteiger partial charge in [0.05, 0.1) is 0 Å². The molecule has 34 heavy (non-hydrogen) atoms. The standard InChI is InChI=1S/C30H62NO3/c1-3-5-7-9-11-13-15-16-18-20-22-24-26-29(27-31(34)28-30(32)33)25-23-21-19-17-14-12-10-8-6-4-2/h29-30,32-33H,3-28H2,1-2H3/q-1. The van der Waals surface area contributed by atoms with Gasteiger partial charge in [0, 0.05) is 6.54 Å². The van der Waals surface area contributed by atoms with Gasteiger partial charge in [-0.05, 0) is 25.3 Å². The fourth-order valence-electron chi connectivity index (χ4n) is 5.07. The van der Waals surface area contributed by atoms with Crippen molar-refractivity contribution in [2.24, 2.45) is 5.92 Å². The summed E-state index contributed by atoms with van der Waals surface area (Å²) in [7, 11) is 0. The van der Waals surface area contributed by atoms with Crippen LogP contribution in [0, 0.1) is 11.1 Å². The maximum absolute atomic E-state index is 12.1. The summed E-state index contributed by atoms with van der Waals surface area (Å²) in [6.07, 6.45) is 30.3. The van der Waals surface area contributed by atoms with Crippen LogP contribution in [0.2, 0.25) is 0 Å². The highest BCUT2D eigenvalue weighted by Gasteiger charge is 2.11. The van der Waals surface area contributed by atoms with E-state index in [9.17, 15) is 5.21 Å². The van der Waals surface area contributed by atoms with E-state index in [4.69, 9.17) is 10.2 Å². The zero-order chi connectivity index (χ0) is 25.1. The van der Waals surface area contributed by atoms with Crippen LogP contribution in [0.3, 0.4) is 0 Å². The predicted octanol–water partition coefficient (Wildman–Crippen LogP) is 9.12. The molecule has 0 fully saturated rings. The van der Waals surface area contributed by atoms with Crippen molar-refractivity contribution in [1.82, 2.24) is 5.06 Å². The van der Waals surface area contributed by atoms with Crippen molar-refractivity contribution in [3.05, 3.63) is 5.21 Å². The van der Waals surface area contributed by atoms with Gasteiger partial charge in [-0.1, -0.05) is 155 Å². The largest absolute Gasteiger partial charge is 0.785 e. The second-order valence-electron chi connectivity index (χ2n) is 10.8. The van der Waals surface area contributed by atoms with E-state index in [2.05, 4.69) is 13.8 Å². The molecule has 0 aromatic heterocycles. The summed E-state index contributed by atoms with van der Waals surface area (Å²) in [6.45, 7) is 4.81. The Morgan fingerprint density at radius 1 is 0.471 bits per heavy atom. The first-order valence-corrected chi connectivity index (χ1v) is 15.4. The van der Waals surface area contributed by atoms with Crippen LogP contribution in [0.1, 0.15) is 168 Å². The minimum absolute atomic E-state index is 0.188. The Bertz CT molecular complexity index is 378. The zero-order valence-corrected chi connectivity index (χ0v) is 23.3. The Kier molecular flexibility index (Phi) is 27.3. The van der Waals surface area contributed by atoms with Gasteiger partial charge < -0.3 is 20.5 Å². The number of hydroxylamine groups is 2. The van der Waals surface area contributed by atoms with E-state index in [0.29, 0.717) is 12.5 Å². The van der Waals surface area contributed by atoms with Gasteiger partial charge >= 0.3 is 0 Å². The Morgan fingerprint density at radius 2 is 0.765 bits per heavy atom. The molecule has 0 heterocycles. The van der Waals surface area contributed by atoms with E-state index in [0.717, 1.165) is 17.9 Å². The molecular weight excluding hydrogens is 422 g/mol. The van der Waals surface area contributed by atoms with Gasteiger partial charge in [0.2, 0.25) is 0 Å². The van der Waals surface area contributed by atoms with Crippen LogP contribution in [0.25, 0.3) is 0 Å². The Morgan fingerprint density at radius 3 is 1.06 bits per heavy atom. The van der Waals surface area contributed by atoms with Crippen LogP contribution >= 0.6 is 0 Å². The van der Waals surface area contributed by atoms with Crippen molar-refractivity contribution in [1.29, 1.82) is 0 Å². The van der Waals surface area contributed by atoms with Gasteiger partial charge in [0.15, 0.2) is 6.29 Å². The third-order valence-corrected chi connectivity index (χ3v) is 7.26. The highest BCUT2D eigenvalue weighted by molar-refractivity contribution is 4.68. The molecule has 0 aliphatic rings. The van der Waals surface area contributed by atoms with Gasteiger partial charge in [0.25, 0.3) is 0 Å². The van der Waals surface area contributed by atoms with Gasteiger partial charge in [0.1, 0.15) is 0 Å². The molecule has 4 heteroatoms. The third kappa shape index (κ3) is 26.4. The fourth-order valence-corrected chi connectivity index (χ4v) is 5.07. The second kappa shape index (κ2) is 27.4. The van der Waals surface area contributed by atoms with Crippen LogP contribution in [0.5, 0.6) is 0 Å². The van der Waals surface area contributed by atoms with E-state index in [1.54, 1.807) is 0 Å². The number of hydrogen-bond acceptors (Lipinski definition) is 4. The molecular formula is C30H62NO3-. The van der Waals surface area contributed by atoms with Crippen LogP contribution in [0.15, 0.2) is 0 Å². The Hall–Kier alpha value is -0.160. The summed E-state index contributed by atoms with van der Waals surface area (Å²) in [5.41, 5.74) is 0. The molecule has 0 saturated heterocycles. The molecule has 0 aliphatic heterocycles. The quantitative estimate of drug-likeness (QED) is 0.0660. The average molecular weight is 485 g/mol. The maximum atomic E-state index is 12.1. The van der Waals surface area contributed by atoms with Crippen LogP contribution < -0.4 is 0 Å². The molecule has 0 saturated carbocycles. The van der Waals surface area contributed by atoms with Crippen LogP contribution in [-0.4, -0.2) is 34.7 Å². The lowest BCUT2D eigenvalue weighted by atomic mass is 9.93. The molecule has 2 N–H and O–H groups in total. The average Bonchev–Trinajstić information content (AvgIpc) is 2.80. The van der Waals surface area contributed by atoms with E-state index >= 15 is 0 Å². The first kappa shape index (κ1) is 33.8. The number of rotatable bonds is 28. The lowest BCUT2D eigenvalue weighted by molar-refractivity contribution is -0.0558. The van der Waals surface area contributed by atoms with Crippen molar-refractivity contribution in [2.45, 2.75) is 174 Å². The number of aliphatic hydroxyl groups is 2. The summed E-state index contributed by atoms with van der Waals surface area (Å²) in [5.74, 6) is 0.397. The zero-order valence-electron chi connectivity index (χ0n) is 23.3. The molecule has 206 valence electrons. The topological polar surface area (TPSA) is 66.8 Å². The van der Waals surface area contributed by atoms with E-state index < -0.39 is 6.29 Å². The Balaban J connectivity index is 3.83. The molecule has 0 aromatic rings.